The van der Waals surface area contributed by atoms with Gasteiger partial charge < -0.3 is 0 Å². The van der Waals surface area contributed by atoms with Crippen LogP contribution in [0.2, 0.25) is 0 Å². The van der Waals surface area contributed by atoms with E-state index in [2.05, 4.69) is 36.1 Å². The van der Waals surface area contributed by atoms with Gasteiger partial charge in [-0.2, -0.15) is 0 Å². The molecule has 1 aromatic carbocycles. The monoisotopic (exact) mass is 227 g/mol. The van der Waals surface area contributed by atoms with Gasteiger partial charge in [-0.05, 0) is 48.9 Å². The van der Waals surface area contributed by atoms with Crippen LogP contribution in [0.25, 0.3) is 5.57 Å². The fourth-order valence-electron chi connectivity index (χ4n) is 3.27. The molecule has 1 nitrogen and oxygen atoms in total. The summed E-state index contributed by atoms with van der Waals surface area (Å²) in [6.45, 7) is 6.01. The second kappa shape index (κ2) is 4.66. The molecule has 3 rings (SSSR count). The Morgan fingerprint density at radius 3 is 2.88 bits per heavy atom. The molecule has 0 atom stereocenters. The van der Waals surface area contributed by atoms with E-state index < -0.39 is 0 Å². The normalized spacial score (nSPS) is 20.1. The second-order valence-electron chi connectivity index (χ2n) is 5.27. The van der Waals surface area contributed by atoms with Gasteiger partial charge in [0.2, 0.25) is 0 Å². The van der Waals surface area contributed by atoms with E-state index in [1.165, 1.54) is 45.3 Å². The van der Waals surface area contributed by atoms with Crippen molar-refractivity contribution in [2.45, 2.75) is 32.6 Å². The van der Waals surface area contributed by atoms with E-state index in [1.54, 1.807) is 22.3 Å². The van der Waals surface area contributed by atoms with E-state index in [0.717, 1.165) is 0 Å². The molecular formula is C16H21N. The first-order valence-corrected chi connectivity index (χ1v) is 6.90. The van der Waals surface area contributed by atoms with Gasteiger partial charge in [0, 0.05) is 13.1 Å². The van der Waals surface area contributed by atoms with Crippen molar-refractivity contribution in [3.8, 4) is 0 Å². The SMILES string of the molecule is CCCN1CCC2=C(CCc3ccccc32)C1. The minimum Gasteiger partial charge on any atom is -0.299 e. The van der Waals surface area contributed by atoms with Gasteiger partial charge in [0.05, 0.1) is 0 Å². The molecule has 0 amide bonds. The van der Waals surface area contributed by atoms with Gasteiger partial charge in [-0.15, -0.1) is 0 Å². The van der Waals surface area contributed by atoms with Crippen LogP contribution in [-0.2, 0) is 6.42 Å². The summed E-state index contributed by atoms with van der Waals surface area (Å²) in [6.07, 6.45) is 5.06. The maximum atomic E-state index is 2.62. The maximum absolute atomic E-state index is 2.62. The third kappa shape index (κ3) is 2.04. The summed E-state index contributed by atoms with van der Waals surface area (Å²) in [5.74, 6) is 0. The van der Waals surface area contributed by atoms with Gasteiger partial charge in [0.1, 0.15) is 0 Å². The minimum absolute atomic E-state index is 1.22. The van der Waals surface area contributed by atoms with Crippen molar-refractivity contribution in [2.75, 3.05) is 19.6 Å². The first-order valence-electron chi connectivity index (χ1n) is 6.90. The number of benzene rings is 1. The van der Waals surface area contributed by atoms with Crippen LogP contribution in [0.4, 0.5) is 0 Å². The molecule has 0 spiro atoms. The Morgan fingerprint density at radius 1 is 1.12 bits per heavy atom. The fourth-order valence-corrected chi connectivity index (χ4v) is 3.27. The molecule has 0 radical (unpaired) electrons. The molecular weight excluding hydrogens is 206 g/mol. The van der Waals surface area contributed by atoms with E-state index in [9.17, 15) is 0 Å². The third-order valence-corrected chi connectivity index (χ3v) is 4.10. The zero-order valence-corrected chi connectivity index (χ0v) is 10.7. The predicted molar refractivity (Wildman–Crippen MR) is 73.0 cm³/mol. The van der Waals surface area contributed by atoms with Crippen molar-refractivity contribution in [3.05, 3.63) is 41.0 Å². The highest BCUT2D eigenvalue weighted by molar-refractivity contribution is 5.74. The van der Waals surface area contributed by atoms with Crippen LogP contribution in [0.5, 0.6) is 0 Å². The van der Waals surface area contributed by atoms with Gasteiger partial charge in [0.25, 0.3) is 0 Å². The van der Waals surface area contributed by atoms with E-state index in [-0.39, 0.29) is 0 Å². The molecule has 0 saturated carbocycles. The highest BCUT2D eigenvalue weighted by atomic mass is 15.1. The van der Waals surface area contributed by atoms with Gasteiger partial charge in [-0.1, -0.05) is 36.8 Å². The van der Waals surface area contributed by atoms with Crippen LogP contribution in [0, 0.1) is 0 Å². The number of hydrogen-bond donors (Lipinski definition) is 0. The fraction of sp³-hybridized carbons (Fsp3) is 0.500. The Labute approximate surface area is 104 Å². The van der Waals surface area contributed by atoms with Crippen LogP contribution in [0.15, 0.2) is 29.8 Å². The lowest BCUT2D eigenvalue weighted by molar-refractivity contribution is 0.290. The van der Waals surface area contributed by atoms with Crippen LogP contribution in [-0.4, -0.2) is 24.5 Å². The summed E-state index contributed by atoms with van der Waals surface area (Å²) in [5, 5.41) is 0. The molecule has 0 aromatic heterocycles. The molecule has 1 aromatic rings. The molecule has 0 N–H and O–H groups in total. The average Bonchev–Trinajstić information content (AvgIpc) is 2.39. The molecule has 0 saturated heterocycles. The topological polar surface area (TPSA) is 3.24 Å². The van der Waals surface area contributed by atoms with Crippen molar-refractivity contribution in [1.29, 1.82) is 0 Å². The minimum atomic E-state index is 1.22. The molecule has 0 fully saturated rings. The Kier molecular flexibility index (Phi) is 3.02. The average molecular weight is 227 g/mol. The lowest BCUT2D eigenvalue weighted by atomic mass is 9.82. The van der Waals surface area contributed by atoms with Crippen LogP contribution < -0.4 is 0 Å². The highest BCUT2D eigenvalue weighted by Crippen LogP contribution is 2.36. The van der Waals surface area contributed by atoms with Crippen LogP contribution in [0.1, 0.15) is 37.3 Å². The van der Waals surface area contributed by atoms with E-state index in [0.29, 0.717) is 0 Å². The summed E-state index contributed by atoms with van der Waals surface area (Å²) < 4.78 is 0. The van der Waals surface area contributed by atoms with Gasteiger partial charge >= 0.3 is 0 Å². The van der Waals surface area contributed by atoms with Crippen LogP contribution in [0.3, 0.4) is 0 Å². The molecule has 1 heteroatoms. The summed E-state index contributed by atoms with van der Waals surface area (Å²) in [6, 6.07) is 8.99. The summed E-state index contributed by atoms with van der Waals surface area (Å²) in [7, 11) is 0. The smallest absolute Gasteiger partial charge is 0.0199 e. The van der Waals surface area contributed by atoms with E-state index >= 15 is 0 Å². The number of fused-ring (bicyclic) bond motifs is 2. The van der Waals surface area contributed by atoms with Crippen molar-refractivity contribution in [1.82, 2.24) is 4.90 Å². The van der Waals surface area contributed by atoms with E-state index in [4.69, 9.17) is 0 Å². The van der Waals surface area contributed by atoms with Crippen molar-refractivity contribution in [3.63, 3.8) is 0 Å². The molecule has 90 valence electrons. The zero-order valence-electron chi connectivity index (χ0n) is 10.7. The summed E-state index contributed by atoms with van der Waals surface area (Å²) >= 11 is 0. The van der Waals surface area contributed by atoms with Crippen molar-refractivity contribution < 1.29 is 0 Å². The first kappa shape index (κ1) is 11.0. The lowest BCUT2D eigenvalue weighted by Gasteiger charge is -2.34. The summed E-state index contributed by atoms with van der Waals surface area (Å²) in [5.41, 5.74) is 6.49. The molecule has 17 heavy (non-hydrogen) atoms. The van der Waals surface area contributed by atoms with Gasteiger partial charge in [-0.25, -0.2) is 0 Å². The molecule has 1 heterocycles. The number of rotatable bonds is 2. The molecule has 1 aliphatic carbocycles. The van der Waals surface area contributed by atoms with Gasteiger partial charge in [0.15, 0.2) is 0 Å². The second-order valence-corrected chi connectivity index (χ2v) is 5.27. The largest absolute Gasteiger partial charge is 0.299 e. The Hall–Kier alpha value is -1.08. The third-order valence-electron chi connectivity index (χ3n) is 4.10. The number of hydrogen-bond acceptors (Lipinski definition) is 1. The Balaban J connectivity index is 1.90. The number of aryl methyl sites for hydroxylation is 1. The van der Waals surface area contributed by atoms with Crippen molar-refractivity contribution >= 4 is 5.57 Å². The Morgan fingerprint density at radius 2 is 2.00 bits per heavy atom. The van der Waals surface area contributed by atoms with E-state index in [1.807, 2.05) is 0 Å². The zero-order chi connectivity index (χ0) is 11.7. The lowest BCUT2D eigenvalue weighted by Crippen LogP contribution is -2.33. The predicted octanol–water partition coefficient (Wildman–Crippen LogP) is 3.50. The van der Waals surface area contributed by atoms with Crippen LogP contribution >= 0.6 is 0 Å². The molecule has 0 unspecified atom stereocenters. The highest BCUT2D eigenvalue weighted by Gasteiger charge is 2.23. The maximum Gasteiger partial charge on any atom is 0.0199 e. The molecule has 0 bridgehead atoms. The van der Waals surface area contributed by atoms with Gasteiger partial charge in [-0.3, -0.25) is 4.90 Å². The molecule has 1 aliphatic heterocycles. The standard InChI is InChI=1S/C16H21N/c1-2-10-17-11-9-16-14(12-17)8-7-13-5-3-4-6-15(13)16/h3-6H,2,7-12H2,1H3. The first-order chi connectivity index (χ1) is 8.38. The van der Waals surface area contributed by atoms with Crippen molar-refractivity contribution in [2.24, 2.45) is 0 Å². The number of nitrogens with zero attached hydrogens (tertiary/aromatic N) is 1. The Bertz CT molecular complexity index is 445. The molecule has 2 aliphatic rings. The quantitative estimate of drug-likeness (QED) is 0.747. The summed E-state index contributed by atoms with van der Waals surface area (Å²) in [4.78, 5) is 2.62.